The van der Waals surface area contributed by atoms with Crippen molar-refractivity contribution in [2.45, 2.75) is 26.5 Å². The number of rotatable bonds is 10. The molecule has 0 aliphatic carbocycles. The minimum atomic E-state index is -0.823. The number of hydrogen-bond donors (Lipinski definition) is 0. The van der Waals surface area contributed by atoms with Gasteiger partial charge in [0.05, 0.1) is 44.2 Å². The van der Waals surface area contributed by atoms with Gasteiger partial charge in [-0.25, -0.2) is 14.6 Å². The number of fused-ring (bicyclic) bond motifs is 1. The molecule has 5 aromatic rings. The minimum absolute atomic E-state index is 0.155. The van der Waals surface area contributed by atoms with Gasteiger partial charge in [-0.3, -0.25) is 9.36 Å². The molecular formula is C38H29BrClIN2O6S. The summed E-state index contributed by atoms with van der Waals surface area (Å²) in [7, 11) is 0. The van der Waals surface area contributed by atoms with Crippen LogP contribution in [0.3, 0.4) is 0 Å². The molecule has 6 rings (SSSR count). The van der Waals surface area contributed by atoms with Crippen molar-refractivity contribution in [2.75, 3.05) is 13.2 Å². The highest BCUT2D eigenvalue weighted by molar-refractivity contribution is 14.1. The zero-order valence-electron chi connectivity index (χ0n) is 26.8. The second-order valence-corrected chi connectivity index (χ2v) is 14.5. The molecule has 4 aromatic carbocycles. The van der Waals surface area contributed by atoms with Crippen molar-refractivity contribution in [1.29, 1.82) is 0 Å². The average molecular weight is 884 g/mol. The maximum Gasteiger partial charge on any atom is 0.338 e. The van der Waals surface area contributed by atoms with Gasteiger partial charge in [-0.1, -0.05) is 93.5 Å². The summed E-state index contributed by atoms with van der Waals surface area (Å²) < 4.78 is 20.6. The van der Waals surface area contributed by atoms with E-state index in [0.717, 1.165) is 19.2 Å². The second-order valence-electron chi connectivity index (χ2n) is 11.0. The molecule has 8 nitrogen and oxygen atoms in total. The number of carbonyl (C=O) groups excluding carboxylic acids is 2. The van der Waals surface area contributed by atoms with Crippen molar-refractivity contribution < 1.29 is 23.8 Å². The van der Waals surface area contributed by atoms with Crippen LogP contribution in [0, 0.1) is 3.57 Å². The third kappa shape index (κ3) is 7.65. The van der Waals surface area contributed by atoms with Gasteiger partial charge in [0.15, 0.2) is 4.80 Å². The lowest BCUT2D eigenvalue weighted by Crippen LogP contribution is -2.40. The smallest absolute Gasteiger partial charge is 0.338 e. The zero-order valence-corrected chi connectivity index (χ0v) is 32.1. The molecule has 50 heavy (non-hydrogen) atoms. The molecule has 0 amide bonds. The first-order valence-electron chi connectivity index (χ1n) is 15.6. The average Bonchev–Trinajstić information content (AvgIpc) is 3.42. The van der Waals surface area contributed by atoms with E-state index in [4.69, 9.17) is 30.8 Å². The lowest BCUT2D eigenvalue weighted by atomic mass is 9.93. The van der Waals surface area contributed by atoms with Gasteiger partial charge in [0, 0.05) is 20.6 Å². The molecule has 1 aliphatic rings. The summed E-state index contributed by atoms with van der Waals surface area (Å²) in [6.07, 6.45) is 1.78. The first-order valence-corrected chi connectivity index (χ1v) is 18.7. The van der Waals surface area contributed by atoms with Gasteiger partial charge in [-0.2, -0.15) is 0 Å². The molecular weight excluding hydrogens is 855 g/mol. The van der Waals surface area contributed by atoms with Gasteiger partial charge in [-0.05, 0) is 90.0 Å². The monoisotopic (exact) mass is 882 g/mol. The second kappa shape index (κ2) is 15.9. The molecule has 0 N–H and O–H groups in total. The molecule has 1 atom stereocenters. The molecule has 0 saturated heterocycles. The number of benzene rings is 4. The van der Waals surface area contributed by atoms with Gasteiger partial charge in [0.1, 0.15) is 12.4 Å². The molecule has 0 fully saturated rings. The first-order chi connectivity index (χ1) is 24.2. The number of ether oxygens (including phenoxy) is 3. The van der Waals surface area contributed by atoms with Crippen LogP contribution in [0.2, 0.25) is 5.02 Å². The number of halogens is 3. The van der Waals surface area contributed by atoms with Crippen LogP contribution in [0.25, 0.3) is 11.8 Å². The van der Waals surface area contributed by atoms with Crippen LogP contribution in [0.5, 0.6) is 5.75 Å². The quantitative estimate of drug-likeness (QED) is 0.105. The number of hydrogen-bond acceptors (Lipinski definition) is 8. The number of carbonyl (C=O) groups is 2. The summed E-state index contributed by atoms with van der Waals surface area (Å²) in [5.74, 6) is -0.354. The van der Waals surface area contributed by atoms with Crippen LogP contribution in [0.4, 0.5) is 0 Å². The van der Waals surface area contributed by atoms with Crippen LogP contribution in [-0.2, 0) is 20.9 Å². The minimum Gasteiger partial charge on any atom is -0.487 e. The van der Waals surface area contributed by atoms with E-state index in [1.807, 2.05) is 54.6 Å². The van der Waals surface area contributed by atoms with E-state index in [1.165, 1.54) is 11.3 Å². The van der Waals surface area contributed by atoms with Gasteiger partial charge in [0.2, 0.25) is 0 Å². The largest absolute Gasteiger partial charge is 0.487 e. The number of thiazole rings is 1. The number of aromatic nitrogens is 1. The van der Waals surface area contributed by atoms with E-state index < -0.39 is 12.0 Å². The molecule has 0 saturated carbocycles. The van der Waals surface area contributed by atoms with Crippen LogP contribution >= 0.6 is 61.5 Å². The normalized spacial score (nSPS) is 14.2. The predicted molar refractivity (Wildman–Crippen MR) is 206 cm³/mol. The number of esters is 2. The summed E-state index contributed by atoms with van der Waals surface area (Å²) >= 11 is 13.3. The zero-order chi connectivity index (χ0) is 35.4. The third-order valence-electron chi connectivity index (χ3n) is 7.73. The van der Waals surface area contributed by atoms with E-state index in [2.05, 4.69) is 38.5 Å². The van der Waals surface area contributed by atoms with E-state index in [-0.39, 0.29) is 30.3 Å². The third-order valence-corrected chi connectivity index (χ3v) is 10.2. The van der Waals surface area contributed by atoms with Crippen LogP contribution in [-0.4, -0.2) is 29.7 Å². The highest BCUT2D eigenvalue weighted by Crippen LogP contribution is 2.36. The molecule has 1 aliphatic heterocycles. The summed E-state index contributed by atoms with van der Waals surface area (Å²) in [6, 6.07) is 26.5. The Balaban J connectivity index is 1.48. The van der Waals surface area contributed by atoms with Crippen molar-refractivity contribution in [1.82, 2.24) is 4.57 Å². The Morgan fingerprint density at radius 1 is 0.960 bits per heavy atom. The fraction of sp³-hybridized carbons (Fsp3) is 0.158. The molecule has 1 aromatic heterocycles. The Hall–Kier alpha value is -4.04. The Kier molecular flexibility index (Phi) is 11.4. The summed E-state index contributed by atoms with van der Waals surface area (Å²) in [4.78, 5) is 45.6. The molecule has 254 valence electrons. The summed E-state index contributed by atoms with van der Waals surface area (Å²) in [6.45, 7) is 4.19. The Morgan fingerprint density at radius 2 is 1.64 bits per heavy atom. The van der Waals surface area contributed by atoms with Gasteiger partial charge < -0.3 is 14.2 Å². The Morgan fingerprint density at radius 3 is 2.32 bits per heavy atom. The lowest BCUT2D eigenvalue weighted by molar-refractivity contribution is -0.138. The Labute approximate surface area is 319 Å². The molecule has 0 bridgehead atoms. The van der Waals surface area contributed by atoms with E-state index in [1.54, 1.807) is 60.9 Å². The SMILES string of the molecule is CCOC(=O)C1=C(c2ccccc2)N=c2s/c(=C\c3cc(Br)cc(I)c3OCc3ccc(C(=O)OCC)cc3)c(=O)n2[C@@H]1c1ccc(Cl)cc1. The van der Waals surface area contributed by atoms with Gasteiger partial charge in [0.25, 0.3) is 5.56 Å². The topological polar surface area (TPSA) is 96.2 Å². The number of nitrogens with zero attached hydrogens (tertiary/aromatic N) is 2. The van der Waals surface area contributed by atoms with Crippen molar-refractivity contribution in [2.24, 2.45) is 4.99 Å². The van der Waals surface area contributed by atoms with Crippen molar-refractivity contribution in [3.8, 4) is 5.75 Å². The predicted octanol–water partition coefficient (Wildman–Crippen LogP) is 7.71. The molecule has 0 spiro atoms. The van der Waals surface area contributed by atoms with Crippen molar-refractivity contribution in [3.05, 3.63) is 157 Å². The van der Waals surface area contributed by atoms with E-state index in [0.29, 0.717) is 49.1 Å². The Bertz CT molecular complexity index is 2290. The standard InChI is InChI=1S/C38H29BrClIN2O6S/c1-3-47-36(45)25-12-10-22(11-13-25)21-49-34-26(18-27(39)20-29(34)41)19-30-35(44)43-33(24-14-16-28(40)17-15-24)31(37(46)48-4-2)32(42-38(43)50-30)23-8-6-5-7-9-23/h5-20,33H,3-4,21H2,1-2H3/b30-19-/t33-/m1/s1. The summed E-state index contributed by atoms with van der Waals surface area (Å²) in [5, 5.41) is 0.526. The summed E-state index contributed by atoms with van der Waals surface area (Å²) in [5.41, 5.74) is 3.77. The van der Waals surface area contributed by atoms with Gasteiger partial charge in [-0.15, -0.1) is 0 Å². The molecule has 0 unspecified atom stereocenters. The van der Waals surface area contributed by atoms with Gasteiger partial charge >= 0.3 is 11.9 Å². The highest BCUT2D eigenvalue weighted by atomic mass is 127. The highest BCUT2D eigenvalue weighted by Gasteiger charge is 2.35. The lowest BCUT2D eigenvalue weighted by Gasteiger charge is -2.26. The van der Waals surface area contributed by atoms with Crippen LogP contribution in [0.1, 0.15) is 52.5 Å². The van der Waals surface area contributed by atoms with Crippen LogP contribution in [0.15, 0.2) is 111 Å². The van der Waals surface area contributed by atoms with Crippen LogP contribution < -0.4 is 19.6 Å². The molecule has 12 heteroatoms. The van der Waals surface area contributed by atoms with Crippen molar-refractivity contribution in [3.63, 3.8) is 0 Å². The van der Waals surface area contributed by atoms with Crippen molar-refractivity contribution >= 4 is 85.2 Å². The maximum absolute atomic E-state index is 14.4. The molecule has 2 heterocycles. The first kappa shape index (κ1) is 35.8. The fourth-order valence-corrected chi connectivity index (χ4v) is 8.31. The van der Waals surface area contributed by atoms with E-state index >= 15 is 0 Å². The maximum atomic E-state index is 14.4. The van der Waals surface area contributed by atoms with E-state index in [9.17, 15) is 14.4 Å². The fourth-order valence-electron chi connectivity index (χ4n) is 5.49. The molecule has 0 radical (unpaired) electrons.